The van der Waals surface area contributed by atoms with Crippen LogP contribution in [-0.4, -0.2) is 36.5 Å². The van der Waals surface area contributed by atoms with Gasteiger partial charge < -0.3 is 10.2 Å². The lowest BCUT2D eigenvalue weighted by molar-refractivity contribution is -0.122. The molecule has 1 amide bonds. The van der Waals surface area contributed by atoms with Crippen molar-refractivity contribution in [1.82, 2.24) is 10.2 Å². The van der Waals surface area contributed by atoms with Gasteiger partial charge in [-0.15, -0.1) is 11.3 Å². The van der Waals surface area contributed by atoms with E-state index in [0.717, 1.165) is 32.4 Å². The predicted octanol–water partition coefficient (Wildman–Crippen LogP) is 2.67. The predicted molar refractivity (Wildman–Crippen MR) is 80.5 cm³/mol. The van der Waals surface area contributed by atoms with Gasteiger partial charge in [0, 0.05) is 30.4 Å². The van der Waals surface area contributed by atoms with E-state index >= 15 is 0 Å². The number of rotatable bonds is 6. The molecule has 0 aliphatic carbocycles. The molecule has 0 unspecified atom stereocenters. The Balaban J connectivity index is 1.63. The Morgan fingerprint density at radius 2 is 2.26 bits per heavy atom. The van der Waals surface area contributed by atoms with Crippen molar-refractivity contribution < 1.29 is 4.79 Å². The van der Waals surface area contributed by atoms with Crippen LogP contribution in [0.3, 0.4) is 0 Å². The summed E-state index contributed by atoms with van der Waals surface area (Å²) in [7, 11) is 0. The average molecular weight is 280 g/mol. The van der Waals surface area contributed by atoms with Gasteiger partial charge in [-0.25, -0.2) is 0 Å². The van der Waals surface area contributed by atoms with E-state index in [-0.39, 0.29) is 5.91 Å². The number of carbonyl (C=O) groups excluding carboxylic acids is 1. The minimum absolute atomic E-state index is 0.211. The number of nitrogens with one attached hydrogen (secondary N) is 1. The number of likely N-dealkylation sites (tertiary alicyclic amines) is 1. The first-order valence-corrected chi connectivity index (χ1v) is 8.20. The molecule has 0 radical (unpaired) electrons. The highest BCUT2D eigenvalue weighted by Gasteiger charge is 2.19. The maximum atomic E-state index is 11.9. The number of piperidine rings is 1. The first-order valence-electron chi connectivity index (χ1n) is 7.32. The van der Waals surface area contributed by atoms with Crippen molar-refractivity contribution in [2.45, 2.75) is 45.1 Å². The number of thiophene rings is 1. The summed E-state index contributed by atoms with van der Waals surface area (Å²) in [5.74, 6) is 0.211. The van der Waals surface area contributed by atoms with Crippen LogP contribution in [-0.2, 0) is 11.2 Å². The van der Waals surface area contributed by atoms with Crippen molar-refractivity contribution in [2.75, 3.05) is 19.6 Å². The standard InChI is InChI=1S/C15H24N2OS/c1-2-9-17-10-7-13(8-11-17)16-15(18)6-5-14-4-3-12-19-14/h3-4,12-13H,2,5-11H2,1H3,(H,16,18). The van der Waals surface area contributed by atoms with Crippen LogP contribution in [0.2, 0.25) is 0 Å². The molecular formula is C15H24N2OS. The molecule has 0 spiro atoms. The quantitative estimate of drug-likeness (QED) is 0.869. The largest absolute Gasteiger partial charge is 0.353 e. The summed E-state index contributed by atoms with van der Waals surface area (Å²) in [6.07, 6.45) is 4.92. The van der Waals surface area contributed by atoms with E-state index in [1.165, 1.54) is 17.8 Å². The van der Waals surface area contributed by atoms with Crippen molar-refractivity contribution in [2.24, 2.45) is 0 Å². The number of hydrogen-bond donors (Lipinski definition) is 1. The van der Waals surface area contributed by atoms with E-state index in [0.29, 0.717) is 12.5 Å². The fraction of sp³-hybridized carbons (Fsp3) is 0.667. The summed E-state index contributed by atoms with van der Waals surface area (Å²) in [5, 5.41) is 5.25. The summed E-state index contributed by atoms with van der Waals surface area (Å²) < 4.78 is 0. The molecule has 19 heavy (non-hydrogen) atoms. The number of amides is 1. The first kappa shape index (κ1) is 14.5. The minimum Gasteiger partial charge on any atom is -0.353 e. The lowest BCUT2D eigenvalue weighted by Gasteiger charge is -2.32. The van der Waals surface area contributed by atoms with Crippen LogP contribution >= 0.6 is 11.3 Å². The van der Waals surface area contributed by atoms with E-state index in [1.807, 2.05) is 6.07 Å². The molecule has 0 atom stereocenters. The summed E-state index contributed by atoms with van der Waals surface area (Å²) >= 11 is 1.73. The van der Waals surface area contributed by atoms with Crippen molar-refractivity contribution in [1.29, 1.82) is 0 Å². The third-order valence-corrected chi connectivity index (χ3v) is 4.61. The molecule has 0 saturated carbocycles. The summed E-state index contributed by atoms with van der Waals surface area (Å²) in [5.41, 5.74) is 0. The van der Waals surface area contributed by atoms with E-state index < -0.39 is 0 Å². The number of nitrogens with zero attached hydrogens (tertiary/aromatic N) is 1. The van der Waals surface area contributed by atoms with Gasteiger partial charge >= 0.3 is 0 Å². The third-order valence-electron chi connectivity index (χ3n) is 3.67. The van der Waals surface area contributed by atoms with Crippen molar-refractivity contribution in [3.63, 3.8) is 0 Å². The van der Waals surface area contributed by atoms with Gasteiger partial charge in [0.1, 0.15) is 0 Å². The van der Waals surface area contributed by atoms with Crippen LogP contribution in [0, 0.1) is 0 Å². The maximum absolute atomic E-state index is 11.9. The number of hydrogen-bond acceptors (Lipinski definition) is 3. The van der Waals surface area contributed by atoms with Crippen LogP contribution in [0.25, 0.3) is 0 Å². The van der Waals surface area contributed by atoms with Gasteiger partial charge in [-0.1, -0.05) is 13.0 Å². The second-order valence-corrected chi connectivity index (χ2v) is 6.30. The molecule has 1 N–H and O–H groups in total. The third kappa shape index (κ3) is 4.96. The van der Waals surface area contributed by atoms with E-state index in [2.05, 4.69) is 28.6 Å². The highest BCUT2D eigenvalue weighted by atomic mass is 32.1. The molecule has 4 heteroatoms. The molecule has 0 aromatic carbocycles. The number of aryl methyl sites for hydroxylation is 1. The zero-order valence-corrected chi connectivity index (χ0v) is 12.5. The van der Waals surface area contributed by atoms with Crippen molar-refractivity contribution in [3.05, 3.63) is 22.4 Å². The Kier molecular flexibility index (Phi) is 5.86. The monoisotopic (exact) mass is 280 g/mol. The van der Waals surface area contributed by atoms with Crippen LogP contribution < -0.4 is 5.32 Å². The SMILES string of the molecule is CCCN1CCC(NC(=O)CCc2cccs2)CC1. The Hall–Kier alpha value is -0.870. The van der Waals surface area contributed by atoms with Gasteiger partial charge in [0.05, 0.1) is 0 Å². The van der Waals surface area contributed by atoms with E-state index in [4.69, 9.17) is 0 Å². The van der Waals surface area contributed by atoms with Crippen LogP contribution in [0.5, 0.6) is 0 Å². The van der Waals surface area contributed by atoms with Gasteiger partial charge in [-0.2, -0.15) is 0 Å². The van der Waals surface area contributed by atoms with Gasteiger partial charge in [0.2, 0.25) is 5.91 Å². The fourth-order valence-electron chi connectivity index (χ4n) is 2.61. The van der Waals surface area contributed by atoms with Gasteiger partial charge in [-0.3, -0.25) is 4.79 Å². The summed E-state index contributed by atoms with van der Waals surface area (Å²) in [6, 6.07) is 4.53. The average Bonchev–Trinajstić information content (AvgIpc) is 2.92. The molecule has 1 saturated heterocycles. The molecular weight excluding hydrogens is 256 g/mol. The molecule has 1 aliphatic rings. The Morgan fingerprint density at radius 3 is 2.89 bits per heavy atom. The van der Waals surface area contributed by atoms with Crippen LogP contribution in [0.1, 0.15) is 37.5 Å². The summed E-state index contributed by atoms with van der Waals surface area (Å²) in [4.78, 5) is 15.7. The van der Waals surface area contributed by atoms with Gasteiger partial charge in [-0.05, 0) is 43.7 Å². The smallest absolute Gasteiger partial charge is 0.220 e. The molecule has 3 nitrogen and oxygen atoms in total. The lowest BCUT2D eigenvalue weighted by atomic mass is 10.0. The molecule has 106 valence electrons. The van der Waals surface area contributed by atoms with Crippen molar-refractivity contribution in [3.8, 4) is 0 Å². The Labute approximate surface area is 120 Å². The highest BCUT2D eigenvalue weighted by molar-refractivity contribution is 7.09. The summed E-state index contributed by atoms with van der Waals surface area (Å²) in [6.45, 7) is 5.67. The molecule has 1 aliphatic heterocycles. The van der Waals surface area contributed by atoms with Crippen LogP contribution in [0.4, 0.5) is 0 Å². The molecule has 1 aromatic rings. The zero-order valence-electron chi connectivity index (χ0n) is 11.7. The molecule has 2 rings (SSSR count). The zero-order chi connectivity index (χ0) is 13.5. The molecule has 1 aromatic heterocycles. The first-order chi connectivity index (χ1) is 9.28. The maximum Gasteiger partial charge on any atom is 0.220 e. The Morgan fingerprint density at radius 1 is 1.47 bits per heavy atom. The lowest BCUT2D eigenvalue weighted by Crippen LogP contribution is -2.44. The number of carbonyl (C=O) groups is 1. The second kappa shape index (κ2) is 7.65. The van der Waals surface area contributed by atoms with Gasteiger partial charge in [0.25, 0.3) is 0 Å². The fourth-order valence-corrected chi connectivity index (χ4v) is 3.32. The topological polar surface area (TPSA) is 32.3 Å². The van der Waals surface area contributed by atoms with Crippen LogP contribution in [0.15, 0.2) is 17.5 Å². The normalized spacial score (nSPS) is 17.5. The van der Waals surface area contributed by atoms with E-state index in [9.17, 15) is 4.79 Å². The molecule has 2 heterocycles. The second-order valence-electron chi connectivity index (χ2n) is 5.26. The molecule has 1 fully saturated rings. The molecule has 0 bridgehead atoms. The van der Waals surface area contributed by atoms with Gasteiger partial charge in [0.15, 0.2) is 0 Å². The van der Waals surface area contributed by atoms with Crippen molar-refractivity contribution >= 4 is 17.2 Å². The minimum atomic E-state index is 0.211. The Bertz CT molecular complexity index is 370. The highest BCUT2D eigenvalue weighted by Crippen LogP contribution is 2.13. The van der Waals surface area contributed by atoms with E-state index in [1.54, 1.807) is 11.3 Å².